The third-order valence-corrected chi connectivity index (χ3v) is 4.58. The summed E-state index contributed by atoms with van der Waals surface area (Å²) >= 11 is 1.94. The number of hydrogen-bond acceptors (Lipinski definition) is 3. The van der Waals surface area contributed by atoms with Crippen LogP contribution in [0.4, 0.5) is 0 Å². The second-order valence-electron chi connectivity index (χ2n) is 5.06. The molecule has 0 radical (unpaired) electrons. The molecule has 1 N–H and O–H groups in total. The van der Waals surface area contributed by atoms with Crippen LogP contribution < -0.4 is 5.32 Å². The SMILES string of the molecule is Cc1ccc(CC(=O)CC2CSCCN2)cc1C. The highest BCUT2D eigenvalue weighted by Gasteiger charge is 2.16. The van der Waals surface area contributed by atoms with Crippen LogP contribution in [0.1, 0.15) is 23.1 Å². The molecule has 1 aromatic carbocycles. The molecule has 0 aromatic heterocycles. The van der Waals surface area contributed by atoms with E-state index in [0.717, 1.165) is 17.9 Å². The van der Waals surface area contributed by atoms with Crippen LogP contribution in [0.25, 0.3) is 0 Å². The van der Waals surface area contributed by atoms with Gasteiger partial charge in [-0.05, 0) is 30.5 Å². The van der Waals surface area contributed by atoms with Gasteiger partial charge in [0.1, 0.15) is 5.78 Å². The van der Waals surface area contributed by atoms with Crippen LogP contribution >= 0.6 is 11.8 Å². The number of thioether (sulfide) groups is 1. The third-order valence-electron chi connectivity index (χ3n) is 3.45. The molecule has 1 aliphatic heterocycles. The Morgan fingerprint density at radius 3 is 2.89 bits per heavy atom. The van der Waals surface area contributed by atoms with Gasteiger partial charge in [-0.2, -0.15) is 11.8 Å². The Labute approximate surface area is 114 Å². The maximum absolute atomic E-state index is 12.0. The molecule has 1 aliphatic rings. The van der Waals surface area contributed by atoms with Crippen molar-refractivity contribution in [3.8, 4) is 0 Å². The molecule has 18 heavy (non-hydrogen) atoms. The quantitative estimate of drug-likeness (QED) is 0.905. The lowest BCUT2D eigenvalue weighted by Gasteiger charge is -2.22. The molecule has 0 amide bonds. The molecule has 3 heteroatoms. The first kappa shape index (κ1) is 13.6. The van der Waals surface area contributed by atoms with Crippen LogP contribution in [0.15, 0.2) is 18.2 Å². The summed E-state index contributed by atoms with van der Waals surface area (Å²) in [6.07, 6.45) is 1.24. The molecule has 0 saturated carbocycles. The van der Waals surface area contributed by atoms with E-state index in [1.165, 1.54) is 16.9 Å². The molecule has 1 heterocycles. The smallest absolute Gasteiger partial charge is 0.138 e. The molecule has 2 nitrogen and oxygen atoms in total. The van der Waals surface area contributed by atoms with Gasteiger partial charge in [-0.1, -0.05) is 18.2 Å². The summed E-state index contributed by atoms with van der Waals surface area (Å²) in [5.74, 6) is 2.58. The van der Waals surface area contributed by atoms with Gasteiger partial charge >= 0.3 is 0 Å². The topological polar surface area (TPSA) is 29.1 Å². The molecule has 1 atom stereocenters. The van der Waals surface area contributed by atoms with Crippen LogP contribution in [-0.2, 0) is 11.2 Å². The van der Waals surface area contributed by atoms with E-state index in [1.807, 2.05) is 11.8 Å². The van der Waals surface area contributed by atoms with Gasteiger partial charge in [-0.3, -0.25) is 4.79 Å². The van der Waals surface area contributed by atoms with Crippen LogP contribution in [0, 0.1) is 13.8 Å². The Hall–Kier alpha value is -0.800. The minimum Gasteiger partial charge on any atom is -0.312 e. The van der Waals surface area contributed by atoms with Crippen LogP contribution in [0.3, 0.4) is 0 Å². The van der Waals surface area contributed by atoms with Crippen molar-refractivity contribution in [2.75, 3.05) is 18.1 Å². The Balaban J connectivity index is 1.88. The van der Waals surface area contributed by atoms with Crippen molar-refractivity contribution in [3.05, 3.63) is 34.9 Å². The lowest BCUT2D eigenvalue weighted by molar-refractivity contribution is -0.118. The molecule has 1 saturated heterocycles. The lowest BCUT2D eigenvalue weighted by Crippen LogP contribution is -2.39. The van der Waals surface area contributed by atoms with E-state index in [0.29, 0.717) is 24.7 Å². The monoisotopic (exact) mass is 263 g/mol. The first-order valence-electron chi connectivity index (χ1n) is 6.54. The zero-order chi connectivity index (χ0) is 13.0. The summed E-state index contributed by atoms with van der Waals surface area (Å²) in [6.45, 7) is 5.24. The molecule has 2 rings (SSSR count). The first-order valence-corrected chi connectivity index (χ1v) is 7.69. The number of hydrogen-bond donors (Lipinski definition) is 1. The number of carbonyl (C=O) groups excluding carboxylic acids is 1. The van der Waals surface area contributed by atoms with Crippen LogP contribution in [0.2, 0.25) is 0 Å². The fourth-order valence-corrected chi connectivity index (χ4v) is 3.19. The highest BCUT2D eigenvalue weighted by Crippen LogP contribution is 2.14. The van der Waals surface area contributed by atoms with Gasteiger partial charge in [0.15, 0.2) is 0 Å². The number of nitrogens with one attached hydrogen (secondary N) is 1. The Morgan fingerprint density at radius 2 is 2.22 bits per heavy atom. The molecule has 0 aliphatic carbocycles. The predicted molar refractivity (Wildman–Crippen MR) is 78.4 cm³/mol. The van der Waals surface area contributed by atoms with E-state index in [2.05, 4.69) is 37.4 Å². The summed E-state index contributed by atoms with van der Waals surface area (Å²) in [7, 11) is 0. The molecular formula is C15H21NOS. The summed E-state index contributed by atoms with van der Waals surface area (Å²) < 4.78 is 0. The van der Waals surface area contributed by atoms with E-state index < -0.39 is 0 Å². The van der Waals surface area contributed by atoms with Gasteiger partial charge in [0.2, 0.25) is 0 Å². The van der Waals surface area contributed by atoms with E-state index >= 15 is 0 Å². The van der Waals surface area contributed by atoms with Crippen molar-refractivity contribution in [1.82, 2.24) is 5.32 Å². The molecule has 98 valence electrons. The molecule has 0 spiro atoms. The van der Waals surface area contributed by atoms with Crippen LogP contribution in [-0.4, -0.2) is 29.9 Å². The standard InChI is InChI=1S/C15H21NOS/c1-11-3-4-13(7-12(11)2)8-15(17)9-14-10-18-6-5-16-14/h3-4,7,14,16H,5-6,8-10H2,1-2H3. The van der Waals surface area contributed by atoms with Gasteiger partial charge < -0.3 is 5.32 Å². The lowest BCUT2D eigenvalue weighted by atomic mass is 10.00. The van der Waals surface area contributed by atoms with Crippen LogP contribution in [0.5, 0.6) is 0 Å². The van der Waals surface area contributed by atoms with Crippen molar-refractivity contribution >= 4 is 17.5 Å². The van der Waals surface area contributed by atoms with Crippen molar-refractivity contribution < 1.29 is 4.79 Å². The number of carbonyl (C=O) groups is 1. The molecule has 1 fully saturated rings. The molecule has 0 bridgehead atoms. The Bertz CT molecular complexity index is 425. The summed E-state index contributed by atoms with van der Waals surface area (Å²) in [4.78, 5) is 12.0. The molecule has 1 aromatic rings. The van der Waals surface area contributed by atoms with E-state index in [1.54, 1.807) is 0 Å². The minimum atomic E-state index is 0.346. The van der Waals surface area contributed by atoms with Crippen molar-refractivity contribution in [2.24, 2.45) is 0 Å². The van der Waals surface area contributed by atoms with Gasteiger partial charge in [0, 0.05) is 36.9 Å². The average Bonchev–Trinajstić information content (AvgIpc) is 2.35. The van der Waals surface area contributed by atoms with Gasteiger partial charge in [-0.15, -0.1) is 0 Å². The first-order chi connectivity index (χ1) is 8.65. The van der Waals surface area contributed by atoms with Gasteiger partial charge in [0.25, 0.3) is 0 Å². The van der Waals surface area contributed by atoms with Gasteiger partial charge in [-0.25, -0.2) is 0 Å². The number of benzene rings is 1. The fraction of sp³-hybridized carbons (Fsp3) is 0.533. The highest BCUT2D eigenvalue weighted by atomic mass is 32.2. The average molecular weight is 263 g/mol. The van der Waals surface area contributed by atoms with Crippen molar-refractivity contribution in [2.45, 2.75) is 32.7 Å². The Kier molecular flexibility index (Phi) is 4.84. The second-order valence-corrected chi connectivity index (χ2v) is 6.21. The van der Waals surface area contributed by atoms with E-state index in [9.17, 15) is 4.79 Å². The summed E-state index contributed by atoms with van der Waals surface area (Å²) in [5.41, 5.74) is 3.70. The zero-order valence-electron chi connectivity index (χ0n) is 11.2. The maximum Gasteiger partial charge on any atom is 0.138 e. The normalized spacial score (nSPS) is 19.8. The number of Topliss-reactive ketones (excluding diaryl/α,β-unsaturated/α-hetero) is 1. The number of ketones is 1. The largest absolute Gasteiger partial charge is 0.312 e. The number of aryl methyl sites for hydroxylation is 2. The number of rotatable bonds is 4. The second kappa shape index (κ2) is 6.39. The predicted octanol–water partition coefficient (Wildman–Crippen LogP) is 2.51. The summed E-state index contributed by atoms with van der Waals surface area (Å²) in [6, 6.07) is 6.69. The zero-order valence-corrected chi connectivity index (χ0v) is 12.0. The van der Waals surface area contributed by atoms with E-state index in [4.69, 9.17) is 0 Å². The molecular weight excluding hydrogens is 242 g/mol. The van der Waals surface area contributed by atoms with E-state index in [-0.39, 0.29) is 0 Å². The Morgan fingerprint density at radius 1 is 1.39 bits per heavy atom. The third kappa shape index (κ3) is 3.85. The highest BCUT2D eigenvalue weighted by molar-refractivity contribution is 7.99. The minimum absolute atomic E-state index is 0.346. The van der Waals surface area contributed by atoms with Gasteiger partial charge in [0.05, 0.1) is 0 Å². The maximum atomic E-state index is 12.0. The molecule has 1 unspecified atom stereocenters. The van der Waals surface area contributed by atoms with Crippen molar-refractivity contribution in [3.63, 3.8) is 0 Å². The van der Waals surface area contributed by atoms with Crippen molar-refractivity contribution in [1.29, 1.82) is 0 Å². The summed E-state index contributed by atoms with van der Waals surface area (Å²) in [5, 5.41) is 3.41. The fourth-order valence-electron chi connectivity index (χ4n) is 2.24.